The van der Waals surface area contributed by atoms with E-state index in [1.54, 1.807) is 0 Å². The lowest BCUT2D eigenvalue weighted by Crippen LogP contribution is -2.17. The maximum absolute atomic E-state index is 10.9. The van der Waals surface area contributed by atoms with E-state index in [0.29, 0.717) is 4.47 Å². The van der Waals surface area contributed by atoms with Gasteiger partial charge in [-0.3, -0.25) is 14.9 Å². The van der Waals surface area contributed by atoms with Crippen LogP contribution in [0.2, 0.25) is 5.02 Å². The summed E-state index contributed by atoms with van der Waals surface area (Å²) in [4.78, 5) is 20.7. The van der Waals surface area contributed by atoms with Crippen LogP contribution >= 0.6 is 27.5 Å². The molecule has 1 rings (SSSR count). The summed E-state index contributed by atoms with van der Waals surface area (Å²) in [5.74, 6) is -1.08. The zero-order chi connectivity index (χ0) is 13.9. The maximum atomic E-state index is 10.9. The summed E-state index contributed by atoms with van der Waals surface area (Å²) in [5, 5.41) is 19.7. The third-order valence-corrected chi connectivity index (χ3v) is 2.77. The largest absolute Gasteiger partial charge is 0.482 e. The van der Waals surface area contributed by atoms with Crippen molar-refractivity contribution in [2.24, 2.45) is 0 Å². The van der Waals surface area contributed by atoms with E-state index in [9.17, 15) is 14.9 Å². The van der Waals surface area contributed by atoms with E-state index in [1.807, 2.05) is 0 Å². The molecule has 0 spiro atoms. The molecule has 0 aromatic heterocycles. The van der Waals surface area contributed by atoms with Gasteiger partial charge >= 0.3 is 11.7 Å². The van der Waals surface area contributed by atoms with E-state index in [1.165, 1.54) is 13.0 Å². The van der Waals surface area contributed by atoms with Crippen LogP contribution in [0.15, 0.2) is 16.6 Å². The predicted octanol–water partition coefficient (Wildman–Crippen LogP) is 3.25. The summed E-state index contributed by atoms with van der Waals surface area (Å²) < 4.78 is 5.58. The highest BCUT2D eigenvalue weighted by molar-refractivity contribution is 9.10. The van der Waals surface area contributed by atoms with E-state index >= 15 is 0 Å². The summed E-state index contributed by atoms with van der Waals surface area (Å²) in [6.45, 7) is 1.51. The monoisotopic (exact) mass is 337 g/mol. The molecule has 0 amide bonds. The van der Waals surface area contributed by atoms with Crippen molar-refractivity contribution in [3.63, 3.8) is 0 Å². The second kappa shape index (κ2) is 6.01. The summed E-state index contributed by atoms with van der Waals surface area (Å²) in [6, 6.07) is 2.59. The van der Waals surface area contributed by atoms with Crippen molar-refractivity contribution in [3.05, 3.63) is 31.7 Å². The predicted molar refractivity (Wildman–Crippen MR) is 68.1 cm³/mol. The first kappa shape index (κ1) is 14.7. The molecule has 6 nitrogen and oxygen atoms in total. The number of rotatable bonds is 5. The van der Waals surface area contributed by atoms with Gasteiger partial charge in [-0.1, -0.05) is 11.6 Å². The minimum atomic E-state index is -1.05. The van der Waals surface area contributed by atoms with Gasteiger partial charge in [0.1, 0.15) is 6.10 Å². The summed E-state index contributed by atoms with van der Waals surface area (Å²) in [5.41, 5.74) is -0.313. The van der Waals surface area contributed by atoms with E-state index in [0.717, 1.165) is 6.07 Å². The van der Waals surface area contributed by atoms with Gasteiger partial charge in [-0.05, 0) is 28.9 Å². The number of nitrogens with zero attached hydrogens (tertiary/aromatic N) is 1. The van der Waals surface area contributed by atoms with Gasteiger partial charge in [0.2, 0.25) is 5.75 Å². The number of benzene rings is 1. The standard InChI is InChI=1S/C10H9BrClNO5/c1-5(2-9(14)15)18-10-7(11)3-6(12)4-8(10)13(16)17/h3-5H,2H2,1H3,(H,14,15)/t5-/m1/s1. The van der Waals surface area contributed by atoms with Crippen LogP contribution in [0.4, 0.5) is 5.69 Å². The molecular formula is C10H9BrClNO5. The molecule has 0 fully saturated rings. The normalized spacial score (nSPS) is 11.9. The van der Waals surface area contributed by atoms with Gasteiger partial charge in [-0.15, -0.1) is 0 Å². The number of ether oxygens (including phenoxy) is 1. The minimum Gasteiger partial charge on any atom is -0.482 e. The zero-order valence-electron chi connectivity index (χ0n) is 9.22. The molecule has 18 heavy (non-hydrogen) atoms. The lowest BCUT2D eigenvalue weighted by molar-refractivity contribution is -0.386. The van der Waals surface area contributed by atoms with Gasteiger partial charge in [0.25, 0.3) is 0 Å². The minimum absolute atomic E-state index is 0.0295. The number of carboxylic acids is 1. The van der Waals surface area contributed by atoms with Crippen LogP contribution in [0.5, 0.6) is 5.75 Å². The van der Waals surface area contributed by atoms with Crippen molar-refractivity contribution >= 4 is 39.2 Å². The van der Waals surface area contributed by atoms with Crippen molar-refractivity contribution in [3.8, 4) is 5.75 Å². The fourth-order valence-corrected chi connectivity index (χ4v) is 2.18. The average molecular weight is 339 g/mol. The Kier molecular flexibility index (Phi) is 4.92. The topological polar surface area (TPSA) is 89.7 Å². The number of aliphatic carboxylic acids is 1. The Bertz CT molecular complexity index is 493. The highest BCUT2D eigenvalue weighted by Gasteiger charge is 2.22. The van der Waals surface area contributed by atoms with Gasteiger partial charge in [0.15, 0.2) is 0 Å². The van der Waals surface area contributed by atoms with Crippen molar-refractivity contribution in [1.29, 1.82) is 0 Å². The molecular weight excluding hydrogens is 329 g/mol. The van der Waals surface area contributed by atoms with Gasteiger partial charge in [0, 0.05) is 11.1 Å². The molecule has 0 aliphatic heterocycles. The maximum Gasteiger partial charge on any atom is 0.313 e. The van der Waals surface area contributed by atoms with Crippen molar-refractivity contribution in [1.82, 2.24) is 0 Å². The first-order valence-corrected chi connectivity index (χ1v) is 6.00. The first-order chi connectivity index (χ1) is 8.31. The Hall–Kier alpha value is -1.34. The second-order valence-corrected chi connectivity index (χ2v) is 4.81. The van der Waals surface area contributed by atoms with Crippen LogP contribution in [0.25, 0.3) is 0 Å². The first-order valence-electron chi connectivity index (χ1n) is 4.83. The summed E-state index contributed by atoms with van der Waals surface area (Å²) in [7, 11) is 0. The Labute approximate surface area is 116 Å². The van der Waals surface area contributed by atoms with E-state index in [-0.39, 0.29) is 22.9 Å². The Morgan fingerprint density at radius 1 is 1.67 bits per heavy atom. The third kappa shape index (κ3) is 3.85. The van der Waals surface area contributed by atoms with Gasteiger partial charge < -0.3 is 9.84 Å². The quantitative estimate of drug-likeness (QED) is 0.657. The molecule has 98 valence electrons. The van der Waals surface area contributed by atoms with E-state index < -0.39 is 17.0 Å². The molecule has 0 saturated carbocycles. The van der Waals surface area contributed by atoms with Crippen LogP contribution in [-0.2, 0) is 4.79 Å². The molecule has 1 aromatic rings. The number of nitro groups is 1. The molecule has 1 aromatic carbocycles. The van der Waals surface area contributed by atoms with Gasteiger partial charge in [-0.2, -0.15) is 0 Å². The van der Waals surface area contributed by atoms with Gasteiger partial charge in [-0.25, -0.2) is 0 Å². The molecule has 0 unspecified atom stereocenters. The fourth-order valence-electron chi connectivity index (χ4n) is 1.29. The summed E-state index contributed by atoms with van der Waals surface area (Å²) >= 11 is 8.80. The molecule has 0 radical (unpaired) electrons. The Morgan fingerprint density at radius 3 is 2.78 bits per heavy atom. The Balaban J connectivity index is 3.07. The van der Waals surface area contributed by atoms with Crippen molar-refractivity contribution < 1.29 is 19.6 Å². The number of hydrogen-bond donors (Lipinski definition) is 1. The number of halogens is 2. The molecule has 0 heterocycles. The molecule has 0 aliphatic carbocycles. The highest BCUT2D eigenvalue weighted by atomic mass is 79.9. The molecule has 1 atom stereocenters. The highest BCUT2D eigenvalue weighted by Crippen LogP contribution is 2.38. The van der Waals surface area contributed by atoms with Crippen molar-refractivity contribution in [2.75, 3.05) is 0 Å². The SMILES string of the molecule is C[C@H](CC(=O)O)Oc1c(Br)cc(Cl)cc1[N+](=O)[O-]. The van der Waals surface area contributed by atoms with E-state index in [2.05, 4.69) is 15.9 Å². The van der Waals surface area contributed by atoms with Crippen LogP contribution in [0, 0.1) is 10.1 Å². The number of nitro benzene ring substituents is 1. The second-order valence-electron chi connectivity index (χ2n) is 3.52. The molecule has 0 bridgehead atoms. The van der Waals surface area contributed by atoms with Crippen LogP contribution in [0.1, 0.15) is 13.3 Å². The number of hydrogen-bond acceptors (Lipinski definition) is 4. The lowest BCUT2D eigenvalue weighted by atomic mass is 10.2. The molecule has 1 N–H and O–H groups in total. The van der Waals surface area contributed by atoms with Crippen molar-refractivity contribution in [2.45, 2.75) is 19.4 Å². The molecule has 0 saturated heterocycles. The lowest BCUT2D eigenvalue weighted by Gasteiger charge is -2.14. The zero-order valence-corrected chi connectivity index (χ0v) is 11.6. The average Bonchev–Trinajstić information content (AvgIpc) is 2.20. The van der Waals surface area contributed by atoms with Crippen LogP contribution in [0.3, 0.4) is 0 Å². The number of carbonyl (C=O) groups is 1. The van der Waals surface area contributed by atoms with Crippen LogP contribution in [-0.4, -0.2) is 22.1 Å². The fraction of sp³-hybridized carbons (Fsp3) is 0.300. The Morgan fingerprint density at radius 2 is 2.28 bits per heavy atom. The van der Waals surface area contributed by atoms with E-state index in [4.69, 9.17) is 21.4 Å². The third-order valence-electron chi connectivity index (χ3n) is 1.97. The van der Waals surface area contributed by atoms with Crippen LogP contribution < -0.4 is 4.74 Å². The molecule has 0 aliphatic rings. The number of carboxylic acid groups (broad SMARTS) is 1. The van der Waals surface area contributed by atoms with Gasteiger partial charge in [0.05, 0.1) is 15.8 Å². The molecule has 8 heteroatoms. The smallest absolute Gasteiger partial charge is 0.313 e. The summed E-state index contributed by atoms with van der Waals surface area (Å²) in [6.07, 6.45) is -0.953.